The van der Waals surface area contributed by atoms with Gasteiger partial charge in [0.2, 0.25) is 0 Å². The second kappa shape index (κ2) is 9.60. The average molecular weight is 396 g/mol. The molecule has 0 bridgehead atoms. The molecule has 1 aromatic carbocycles. The summed E-state index contributed by atoms with van der Waals surface area (Å²) in [7, 11) is 0. The molecular weight excluding hydrogens is 375 g/mol. The molecule has 1 aromatic rings. The first-order valence-electron chi connectivity index (χ1n) is 7.73. The van der Waals surface area contributed by atoms with Crippen LogP contribution in [-0.4, -0.2) is 61.8 Å². The Morgan fingerprint density at radius 1 is 1.27 bits per heavy atom. The molecule has 11 heteroatoms. The van der Waals surface area contributed by atoms with E-state index >= 15 is 0 Å². The summed E-state index contributed by atoms with van der Waals surface area (Å²) in [5.74, 6) is -0.655. The van der Waals surface area contributed by atoms with E-state index in [-0.39, 0.29) is 36.7 Å². The normalized spacial score (nSPS) is 16.3. The number of nitrogens with two attached hydrogens (primary N) is 1. The molecule has 1 saturated heterocycles. The van der Waals surface area contributed by atoms with Gasteiger partial charge in [0.1, 0.15) is 6.04 Å². The molecule has 0 radical (unpaired) electrons. The molecule has 26 heavy (non-hydrogen) atoms. The molecule has 1 fully saturated rings. The molecule has 1 unspecified atom stereocenters. The molecule has 0 saturated carbocycles. The third-order valence-corrected chi connectivity index (χ3v) is 3.82. The van der Waals surface area contributed by atoms with Crippen LogP contribution in [0.15, 0.2) is 24.3 Å². The summed E-state index contributed by atoms with van der Waals surface area (Å²) in [6.07, 6.45) is -4.44. The lowest BCUT2D eigenvalue weighted by molar-refractivity contribution is -0.183. The Labute approximate surface area is 154 Å². The molecule has 3 amide bonds. The smallest absolute Gasteiger partial charge is 0.351 e. The minimum Gasteiger partial charge on any atom is -0.351 e. The summed E-state index contributed by atoms with van der Waals surface area (Å²) in [4.78, 5) is 24.3. The fourth-order valence-electron chi connectivity index (χ4n) is 2.62. The number of halogens is 4. The van der Waals surface area contributed by atoms with Crippen LogP contribution in [0.2, 0.25) is 0 Å². The predicted molar refractivity (Wildman–Crippen MR) is 93.5 cm³/mol. The molecule has 1 atom stereocenters. The molecule has 0 aromatic heterocycles. The van der Waals surface area contributed by atoms with Crippen molar-refractivity contribution in [2.24, 2.45) is 5.73 Å². The van der Waals surface area contributed by atoms with E-state index in [1.807, 2.05) is 0 Å². The lowest BCUT2D eigenvalue weighted by Crippen LogP contribution is -2.57. The van der Waals surface area contributed by atoms with Gasteiger partial charge in [-0.15, -0.1) is 12.4 Å². The molecule has 1 aliphatic rings. The number of rotatable bonds is 5. The highest BCUT2D eigenvalue weighted by molar-refractivity contribution is 5.96. The van der Waals surface area contributed by atoms with Crippen LogP contribution in [0.1, 0.15) is 10.4 Å². The van der Waals surface area contributed by atoms with Crippen molar-refractivity contribution in [2.75, 3.05) is 38.0 Å². The molecule has 146 valence electrons. The fraction of sp³-hybridized carbons (Fsp3) is 0.467. The molecule has 5 N–H and O–H groups in total. The Hall–Kier alpha value is -2.04. The van der Waals surface area contributed by atoms with Crippen molar-refractivity contribution in [3.63, 3.8) is 0 Å². The van der Waals surface area contributed by atoms with Gasteiger partial charge in [0.05, 0.1) is 0 Å². The fourth-order valence-corrected chi connectivity index (χ4v) is 2.62. The van der Waals surface area contributed by atoms with Gasteiger partial charge in [-0.1, -0.05) is 6.07 Å². The first-order chi connectivity index (χ1) is 11.8. The van der Waals surface area contributed by atoms with Crippen molar-refractivity contribution in [3.05, 3.63) is 29.8 Å². The van der Waals surface area contributed by atoms with Gasteiger partial charge in [-0.25, -0.2) is 4.79 Å². The Morgan fingerprint density at radius 3 is 2.50 bits per heavy atom. The Balaban J connectivity index is 0.00000338. The number of carbonyl (C=O) groups is 2. The predicted octanol–water partition coefficient (Wildman–Crippen LogP) is 1.16. The third kappa shape index (κ3) is 6.36. The summed E-state index contributed by atoms with van der Waals surface area (Å²) in [5.41, 5.74) is 5.41. The highest BCUT2D eigenvalue weighted by atomic mass is 35.5. The maximum atomic E-state index is 13.3. The van der Waals surface area contributed by atoms with Crippen molar-refractivity contribution in [1.29, 1.82) is 0 Å². The molecule has 1 aliphatic heterocycles. The van der Waals surface area contributed by atoms with Crippen molar-refractivity contribution >= 4 is 30.0 Å². The van der Waals surface area contributed by atoms with Gasteiger partial charge >= 0.3 is 12.2 Å². The lowest BCUT2D eigenvalue weighted by atomic mass is 10.1. The Morgan fingerprint density at radius 2 is 1.92 bits per heavy atom. The maximum Gasteiger partial charge on any atom is 0.405 e. The zero-order valence-corrected chi connectivity index (χ0v) is 14.6. The summed E-state index contributed by atoms with van der Waals surface area (Å²) in [6.45, 7) is 0.925. The van der Waals surface area contributed by atoms with Crippen LogP contribution in [0.4, 0.5) is 23.7 Å². The number of primary amides is 1. The zero-order chi connectivity index (χ0) is 18.4. The zero-order valence-electron chi connectivity index (χ0n) is 13.8. The standard InChI is InChI=1S/C15H20F3N5O2.ClH/c16-15(17,18)12(23-6-4-20-5-7-23)9-21-13(24)10-2-1-3-11(8-10)22-14(19)25;/h1-3,8,12,20H,4-7,9H2,(H,21,24)(H3,19,22,25);1H. The molecule has 7 nitrogen and oxygen atoms in total. The summed E-state index contributed by atoms with van der Waals surface area (Å²) >= 11 is 0. The monoisotopic (exact) mass is 395 g/mol. The van der Waals surface area contributed by atoms with E-state index in [2.05, 4.69) is 16.0 Å². The highest BCUT2D eigenvalue weighted by Gasteiger charge is 2.43. The minimum absolute atomic E-state index is 0. The maximum absolute atomic E-state index is 13.3. The van der Waals surface area contributed by atoms with Crippen LogP contribution < -0.4 is 21.7 Å². The molecule has 0 aliphatic carbocycles. The van der Waals surface area contributed by atoms with Gasteiger partial charge in [0.15, 0.2) is 0 Å². The number of nitrogens with one attached hydrogen (secondary N) is 3. The molecule has 1 heterocycles. The van der Waals surface area contributed by atoms with Gasteiger partial charge in [-0.2, -0.15) is 13.2 Å². The lowest BCUT2D eigenvalue weighted by Gasteiger charge is -2.35. The van der Waals surface area contributed by atoms with Gasteiger partial charge in [-0.05, 0) is 18.2 Å². The SMILES string of the molecule is Cl.NC(=O)Nc1cccc(C(=O)NCC(N2CCNCC2)C(F)(F)F)c1. The number of nitrogens with zero attached hydrogens (tertiary/aromatic N) is 1. The van der Waals surface area contributed by atoms with Crippen molar-refractivity contribution < 1.29 is 22.8 Å². The summed E-state index contributed by atoms with van der Waals surface area (Å²) < 4.78 is 39.9. The van der Waals surface area contributed by atoms with Crippen LogP contribution >= 0.6 is 12.4 Å². The van der Waals surface area contributed by atoms with Crippen LogP contribution in [0.5, 0.6) is 0 Å². The van der Waals surface area contributed by atoms with Gasteiger partial charge in [0.25, 0.3) is 5.91 Å². The minimum atomic E-state index is -4.44. The van der Waals surface area contributed by atoms with Crippen molar-refractivity contribution in [3.8, 4) is 0 Å². The van der Waals surface area contributed by atoms with Crippen molar-refractivity contribution in [1.82, 2.24) is 15.5 Å². The van der Waals surface area contributed by atoms with Gasteiger partial charge in [0, 0.05) is 44.0 Å². The molecule has 0 spiro atoms. The average Bonchev–Trinajstić information content (AvgIpc) is 2.54. The van der Waals surface area contributed by atoms with E-state index in [0.29, 0.717) is 13.1 Å². The first-order valence-corrected chi connectivity index (χ1v) is 7.73. The number of hydrogen-bond acceptors (Lipinski definition) is 4. The van der Waals surface area contributed by atoms with E-state index in [1.54, 1.807) is 0 Å². The Kier molecular flexibility index (Phi) is 8.12. The van der Waals surface area contributed by atoms with Crippen LogP contribution in [-0.2, 0) is 0 Å². The van der Waals surface area contributed by atoms with E-state index in [1.165, 1.54) is 29.2 Å². The number of benzene rings is 1. The number of anilines is 1. The van der Waals surface area contributed by atoms with Gasteiger partial charge < -0.3 is 21.7 Å². The third-order valence-electron chi connectivity index (χ3n) is 3.82. The van der Waals surface area contributed by atoms with E-state index in [9.17, 15) is 22.8 Å². The van der Waals surface area contributed by atoms with Crippen LogP contribution in [0.25, 0.3) is 0 Å². The highest BCUT2D eigenvalue weighted by Crippen LogP contribution is 2.25. The van der Waals surface area contributed by atoms with E-state index in [0.717, 1.165) is 0 Å². The van der Waals surface area contributed by atoms with E-state index < -0.39 is 30.7 Å². The number of urea groups is 1. The molecular formula is C15H21ClF3N5O2. The first kappa shape index (κ1) is 22.0. The molecule has 2 rings (SSSR count). The number of alkyl halides is 3. The number of carbonyl (C=O) groups excluding carboxylic acids is 2. The van der Waals surface area contributed by atoms with Crippen molar-refractivity contribution in [2.45, 2.75) is 12.2 Å². The van der Waals surface area contributed by atoms with Crippen LogP contribution in [0, 0.1) is 0 Å². The second-order valence-electron chi connectivity index (χ2n) is 5.62. The number of amides is 3. The van der Waals surface area contributed by atoms with E-state index in [4.69, 9.17) is 5.73 Å². The summed E-state index contributed by atoms with van der Waals surface area (Å²) in [5, 5.41) is 7.62. The topological polar surface area (TPSA) is 99.5 Å². The number of hydrogen-bond donors (Lipinski definition) is 4. The second-order valence-corrected chi connectivity index (χ2v) is 5.62. The van der Waals surface area contributed by atoms with Crippen LogP contribution in [0.3, 0.4) is 0 Å². The van der Waals surface area contributed by atoms with Gasteiger partial charge in [-0.3, -0.25) is 9.69 Å². The Bertz CT molecular complexity index is 624. The largest absolute Gasteiger partial charge is 0.405 e. The number of piperazine rings is 1. The summed E-state index contributed by atoms with van der Waals surface area (Å²) in [6, 6.07) is 3.25. The quantitative estimate of drug-likeness (QED) is 0.601.